The lowest BCUT2D eigenvalue weighted by molar-refractivity contribution is -0.118. The van der Waals surface area contributed by atoms with Crippen LogP contribution in [-0.4, -0.2) is 5.91 Å². The molecule has 0 saturated carbocycles. The lowest BCUT2D eigenvalue weighted by Crippen LogP contribution is -2.30. The predicted molar refractivity (Wildman–Crippen MR) is 83.3 cm³/mol. The summed E-state index contributed by atoms with van der Waals surface area (Å²) >= 11 is 0. The number of allylic oxidation sites excluding steroid dienone is 5. The molecule has 3 aliphatic rings. The minimum Gasteiger partial charge on any atom is -0.346 e. The van der Waals surface area contributed by atoms with Crippen molar-refractivity contribution in [2.24, 2.45) is 23.7 Å². The predicted octanol–water partition coefficient (Wildman–Crippen LogP) is 3.41. The van der Waals surface area contributed by atoms with E-state index in [0.29, 0.717) is 23.7 Å². The molecule has 0 aliphatic heterocycles. The van der Waals surface area contributed by atoms with Crippen molar-refractivity contribution in [3.8, 4) is 0 Å². The van der Waals surface area contributed by atoms with E-state index in [9.17, 15) is 4.79 Å². The van der Waals surface area contributed by atoms with Crippen LogP contribution in [0, 0.1) is 23.7 Å². The number of benzene rings is 1. The Morgan fingerprint density at radius 3 is 2.57 bits per heavy atom. The minimum atomic E-state index is 0.0387. The summed E-state index contributed by atoms with van der Waals surface area (Å²) in [7, 11) is 0. The van der Waals surface area contributed by atoms with Crippen LogP contribution in [-0.2, 0) is 4.79 Å². The monoisotopic (exact) mass is 277 g/mol. The van der Waals surface area contributed by atoms with Gasteiger partial charge in [-0.3, -0.25) is 4.79 Å². The van der Waals surface area contributed by atoms with Crippen molar-refractivity contribution in [1.29, 1.82) is 0 Å². The summed E-state index contributed by atoms with van der Waals surface area (Å²) in [5, 5.41) is 3.15. The number of nitrogens with one attached hydrogen (secondary N) is 1. The third kappa shape index (κ3) is 1.98. The molecular weight excluding hydrogens is 258 g/mol. The third-order valence-corrected chi connectivity index (χ3v) is 5.04. The molecule has 2 heteroatoms. The zero-order valence-corrected chi connectivity index (χ0v) is 12.1. The van der Waals surface area contributed by atoms with Gasteiger partial charge in [0.2, 0.25) is 5.91 Å². The summed E-state index contributed by atoms with van der Waals surface area (Å²) in [6.07, 6.45) is 11.2. The van der Waals surface area contributed by atoms with Gasteiger partial charge in [0.25, 0.3) is 0 Å². The highest BCUT2D eigenvalue weighted by Crippen LogP contribution is 2.51. The van der Waals surface area contributed by atoms with Crippen LogP contribution in [0.2, 0.25) is 0 Å². The highest BCUT2D eigenvalue weighted by atomic mass is 16.1. The van der Waals surface area contributed by atoms with Gasteiger partial charge in [0.05, 0.1) is 6.04 Å². The van der Waals surface area contributed by atoms with Crippen LogP contribution in [0.4, 0.5) is 0 Å². The number of rotatable bonds is 3. The number of carbonyl (C=O) groups excluding carboxylic acids is 1. The fourth-order valence-corrected chi connectivity index (χ4v) is 3.95. The molecule has 0 saturated heterocycles. The van der Waals surface area contributed by atoms with Gasteiger partial charge in [-0.15, -0.1) is 0 Å². The van der Waals surface area contributed by atoms with Crippen molar-refractivity contribution in [3.05, 3.63) is 71.8 Å². The third-order valence-electron chi connectivity index (χ3n) is 5.04. The van der Waals surface area contributed by atoms with Crippen molar-refractivity contribution in [1.82, 2.24) is 5.32 Å². The van der Waals surface area contributed by atoms with Gasteiger partial charge in [-0.05, 0) is 24.3 Å². The van der Waals surface area contributed by atoms with Gasteiger partial charge >= 0.3 is 0 Å². The Morgan fingerprint density at radius 1 is 1.05 bits per heavy atom. The molecule has 106 valence electrons. The zero-order chi connectivity index (χ0) is 14.4. The number of hydrogen-bond donors (Lipinski definition) is 1. The van der Waals surface area contributed by atoms with Gasteiger partial charge in [-0.25, -0.2) is 0 Å². The fourth-order valence-electron chi connectivity index (χ4n) is 3.95. The molecule has 1 aromatic rings. The maximum atomic E-state index is 12.6. The van der Waals surface area contributed by atoms with Gasteiger partial charge < -0.3 is 5.32 Å². The maximum absolute atomic E-state index is 12.6. The molecule has 1 N–H and O–H groups in total. The van der Waals surface area contributed by atoms with E-state index in [1.54, 1.807) is 0 Å². The Morgan fingerprint density at radius 2 is 1.76 bits per heavy atom. The first-order valence-corrected chi connectivity index (χ1v) is 7.68. The van der Waals surface area contributed by atoms with Gasteiger partial charge in [0.1, 0.15) is 0 Å². The van der Waals surface area contributed by atoms with Crippen molar-refractivity contribution in [3.63, 3.8) is 0 Å². The molecule has 5 atom stereocenters. The van der Waals surface area contributed by atoms with Gasteiger partial charge in [0.15, 0.2) is 0 Å². The minimum absolute atomic E-state index is 0.0387. The summed E-state index contributed by atoms with van der Waals surface area (Å²) in [6, 6.07) is 10.2. The van der Waals surface area contributed by atoms with Crippen molar-refractivity contribution in [2.45, 2.75) is 13.0 Å². The van der Waals surface area contributed by atoms with E-state index < -0.39 is 0 Å². The molecule has 0 bridgehead atoms. The average Bonchev–Trinajstić information content (AvgIpc) is 3.17. The topological polar surface area (TPSA) is 29.1 Å². The molecule has 0 unspecified atom stereocenters. The fraction of sp³-hybridized carbons (Fsp3) is 0.316. The highest BCUT2D eigenvalue weighted by Gasteiger charge is 2.45. The first kappa shape index (κ1) is 12.6. The molecule has 0 fully saturated rings. The molecule has 0 aromatic heterocycles. The van der Waals surface area contributed by atoms with Crippen molar-refractivity contribution < 1.29 is 4.79 Å². The highest BCUT2D eigenvalue weighted by molar-refractivity contribution is 5.95. The normalized spacial score (nSPS) is 32.9. The number of amides is 1. The van der Waals surface area contributed by atoms with Gasteiger partial charge in [-0.2, -0.15) is 0 Å². The first-order valence-electron chi connectivity index (χ1n) is 7.68. The number of carbonyl (C=O) groups is 1. The second-order valence-electron chi connectivity index (χ2n) is 6.26. The first-order chi connectivity index (χ1) is 10.2. The summed E-state index contributed by atoms with van der Waals surface area (Å²) in [6.45, 7) is 2.04. The molecule has 3 aliphatic carbocycles. The van der Waals surface area contributed by atoms with E-state index in [2.05, 4.69) is 47.8 Å². The van der Waals surface area contributed by atoms with E-state index in [4.69, 9.17) is 0 Å². The van der Waals surface area contributed by atoms with Crippen LogP contribution in [0.5, 0.6) is 0 Å². The van der Waals surface area contributed by atoms with Gasteiger partial charge in [0, 0.05) is 17.4 Å². The molecule has 2 nitrogen and oxygen atoms in total. The Hall–Kier alpha value is -2.09. The van der Waals surface area contributed by atoms with Crippen molar-refractivity contribution in [2.75, 3.05) is 0 Å². The van der Waals surface area contributed by atoms with E-state index in [-0.39, 0.29) is 11.9 Å². The lowest BCUT2D eigenvalue weighted by atomic mass is 9.87. The average molecular weight is 277 g/mol. The van der Waals surface area contributed by atoms with Crippen molar-refractivity contribution >= 4 is 5.91 Å². The van der Waals surface area contributed by atoms with E-state index in [1.807, 2.05) is 25.1 Å². The van der Waals surface area contributed by atoms with Crippen LogP contribution in [0.1, 0.15) is 18.5 Å². The Labute approximate surface area is 125 Å². The summed E-state index contributed by atoms with van der Waals surface area (Å²) < 4.78 is 0. The molecule has 1 amide bonds. The molecule has 4 rings (SSSR count). The number of hydrogen-bond acceptors (Lipinski definition) is 1. The second kappa shape index (κ2) is 4.73. The second-order valence-corrected chi connectivity index (χ2v) is 6.26. The summed E-state index contributed by atoms with van der Waals surface area (Å²) in [5.41, 5.74) is 2.10. The lowest BCUT2D eigenvalue weighted by Gasteiger charge is -2.19. The molecule has 1 aromatic carbocycles. The van der Waals surface area contributed by atoms with Crippen LogP contribution in [0.15, 0.2) is 66.3 Å². The van der Waals surface area contributed by atoms with Gasteiger partial charge in [-0.1, -0.05) is 60.7 Å². The maximum Gasteiger partial charge on any atom is 0.247 e. The van der Waals surface area contributed by atoms with Crippen LogP contribution < -0.4 is 5.32 Å². The zero-order valence-electron chi connectivity index (χ0n) is 12.1. The van der Waals surface area contributed by atoms with Crippen LogP contribution >= 0.6 is 0 Å². The molecular formula is C19H19NO. The quantitative estimate of drug-likeness (QED) is 0.843. The van der Waals surface area contributed by atoms with E-state index >= 15 is 0 Å². The molecule has 0 spiro atoms. The SMILES string of the molecule is C[C@H](NC(=O)C1=C[C@@H]2C=C[C@@H]3C=C[C@H]1[C@H]32)c1ccccc1. The molecule has 0 radical (unpaired) electrons. The Kier molecular flexibility index (Phi) is 2.85. The summed E-state index contributed by atoms with van der Waals surface area (Å²) in [5.74, 6) is 1.94. The summed E-state index contributed by atoms with van der Waals surface area (Å²) in [4.78, 5) is 12.6. The Bertz CT molecular complexity index is 655. The largest absolute Gasteiger partial charge is 0.346 e. The van der Waals surface area contributed by atoms with Crippen LogP contribution in [0.3, 0.4) is 0 Å². The molecule has 0 heterocycles. The smallest absolute Gasteiger partial charge is 0.247 e. The van der Waals surface area contributed by atoms with E-state index in [1.165, 1.54) is 0 Å². The molecule has 21 heavy (non-hydrogen) atoms. The standard InChI is InChI=1S/C19H19NO/c1-12(13-5-3-2-4-6-13)20-19(21)17-11-15-8-7-14-9-10-16(17)18(14)15/h2-12,14-16,18H,1H3,(H,20,21)/t12-,14+,15-,16+,18+/m0/s1. The Balaban J connectivity index is 1.51. The van der Waals surface area contributed by atoms with Crippen LogP contribution in [0.25, 0.3) is 0 Å². The van der Waals surface area contributed by atoms with E-state index in [0.717, 1.165) is 11.1 Å².